The van der Waals surface area contributed by atoms with Gasteiger partial charge in [-0.25, -0.2) is 4.98 Å². The van der Waals surface area contributed by atoms with Crippen LogP contribution in [0.5, 0.6) is 0 Å². The minimum Gasteiger partial charge on any atom is -0.369 e. The molecular formula is C15H13N3O2. The van der Waals surface area contributed by atoms with Gasteiger partial charge in [-0.3, -0.25) is 4.79 Å². The number of nitrogens with one attached hydrogen (secondary N) is 1. The number of aromatic nitrogens is 2. The molecule has 3 aromatic rings. The zero-order valence-corrected chi connectivity index (χ0v) is 10.6. The van der Waals surface area contributed by atoms with Gasteiger partial charge in [-0.2, -0.15) is 0 Å². The van der Waals surface area contributed by atoms with Crippen LogP contribution < -0.4 is 5.32 Å². The van der Waals surface area contributed by atoms with Crippen molar-refractivity contribution in [1.29, 1.82) is 0 Å². The van der Waals surface area contributed by atoms with E-state index in [1.807, 2.05) is 22.9 Å². The number of aliphatic hydroxyl groups is 1. The van der Waals surface area contributed by atoms with Gasteiger partial charge in [0.15, 0.2) is 12.5 Å². The Balaban J connectivity index is 1.95. The number of fused-ring (bicyclic) bond motifs is 1. The fourth-order valence-corrected chi connectivity index (χ4v) is 2.14. The van der Waals surface area contributed by atoms with E-state index in [1.54, 1.807) is 36.5 Å². The van der Waals surface area contributed by atoms with E-state index >= 15 is 0 Å². The summed E-state index contributed by atoms with van der Waals surface area (Å²) in [5.41, 5.74) is 2.42. The molecule has 2 heterocycles. The van der Waals surface area contributed by atoms with Crippen molar-refractivity contribution in [3.63, 3.8) is 0 Å². The van der Waals surface area contributed by atoms with Gasteiger partial charge in [-0.15, -0.1) is 0 Å². The van der Waals surface area contributed by atoms with Gasteiger partial charge in [0.25, 0.3) is 0 Å². The Bertz CT molecular complexity index is 751. The lowest BCUT2D eigenvalue weighted by Gasteiger charge is -2.16. The highest BCUT2D eigenvalue weighted by atomic mass is 16.3. The van der Waals surface area contributed by atoms with E-state index in [0.29, 0.717) is 22.5 Å². The van der Waals surface area contributed by atoms with Crippen molar-refractivity contribution in [2.45, 2.75) is 6.23 Å². The third-order valence-electron chi connectivity index (χ3n) is 3.12. The average Bonchev–Trinajstić information content (AvgIpc) is 2.96. The molecule has 1 atom stereocenters. The van der Waals surface area contributed by atoms with Gasteiger partial charge in [-0.05, 0) is 24.3 Å². The van der Waals surface area contributed by atoms with Gasteiger partial charge in [0.05, 0.1) is 0 Å². The molecular weight excluding hydrogens is 254 g/mol. The Hall–Kier alpha value is -2.66. The zero-order valence-electron chi connectivity index (χ0n) is 10.6. The predicted octanol–water partition coefficient (Wildman–Crippen LogP) is 2.25. The molecule has 2 N–H and O–H groups in total. The smallest absolute Gasteiger partial charge is 0.154 e. The highest BCUT2D eigenvalue weighted by Crippen LogP contribution is 2.22. The van der Waals surface area contributed by atoms with Crippen LogP contribution in [0.2, 0.25) is 0 Å². The number of pyridine rings is 1. The second kappa shape index (κ2) is 5.14. The Labute approximate surface area is 115 Å². The molecule has 5 nitrogen and oxygen atoms in total. The molecule has 0 aliphatic heterocycles. The second-order valence-corrected chi connectivity index (χ2v) is 4.37. The topological polar surface area (TPSA) is 66.6 Å². The fraction of sp³-hybridized carbons (Fsp3) is 0.0667. The van der Waals surface area contributed by atoms with E-state index in [4.69, 9.17) is 0 Å². The summed E-state index contributed by atoms with van der Waals surface area (Å²) in [7, 11) is 0. The van der Waals surface area contributed by atoms with Crippen molar-refractivity contribution in [2.24, 2.45) is 0 Å². The molecule has 0 aliphatic carbocycles. The number of hydrogen-bond acceptors (Lipinski definition) is 4. The molecule has 2 aromatic heterocycles. The zero-order chi connectivity index (χ0) is 13.9. The number of carbonyl (C=O) groups excluding carboxylic acids is 1. The summed E-state index contributed by atoms with van der Waals surface area (Å²) in [6.07, 6.45) is 5.15. The standard InChI is InChI=1S/C15H13N3O2/c19-10-11-4-1-2-6-13(11)17-15(20)12-5-3-8-18-9-7-16-14(12)18/h1-10,15,17,20H. The molecule has 0 spiro atoms. The Morgan fingerprint density at radius 3 is 2.90 bits per heavy atom. The number of aliphatic hydroxyl groups excluding tert-OH is 1. The maximum absolute atomic E-state index is 11.0. The molecule has 1 aromatic carbocycles. The molecule has 0 fully saturated rings. The van der Waals surface area contributed by atoms with Gasteiger partial charge >= 0.3 is 0 Å². The van der Waals surface area contributed by atoms with E-state index in [-0.39, 0.29) is 0 Å². The first-order valence-corrected chi connectivity index (χ1v) is 6.20. The van der Waals surface area contributed by atoms with E-state index in [9.17, 15) is 9.90 Å². The molecule has 0 aliphatic rings. The molecule has 1 unspecified atom stereocenters. The number of anilines is 1. The number of aldehydes is 1. The number of para-hydroxylation sites is 1. The lowest BCUT2D eigenvalue weighted by atomic mass is 10.1. The van der Waals surface area contributed by atoms with Crippen LogP contribution in [0.15, 0.2) is 55.0 Å². The van der Waals surface area contributed by atoms with Crippen LogP contribution in [-0.4, -0.2) is 20.8 Å². The van der Waals surface area contributed by atoms with E-state index in [0.717, 1.165) is 6.29 Å². The maximum atomic E-state index is 11.0. The van der Waals surface area contributed by atoms with Gasteiger partial charge < -0.3 is 14.8 Å². The molecule has 0 saturated carbocycles. The number of hydrogen-bond donors (Lipinski definition) is 2. The molecule has 0 bridgehead atoms. The minimum atomic E-state index is -0.942. The summed E-state index contributed by atoms with van der Waals surface area (Å²) >= 11 is 0. The summed E-state index contributed by atoms with van der Waals surface area (Å²) in [5.74, 6) is 0. The molecule has 3 rings (SSSR count). The largest absolute Gasteiger partial charge is 0.369 e. The van der Waals surface area contributed by atoms with Crippen LogP contribution >= 0.6 is 0 Å². The van der Waals surface area contributed by atoms with Crippen LogP contribution in [-0.2, 0) is 0 Å². The highest BCUT2D eigenvalue weighted by Gasteiger charge is 2.13. The lowest BCUT2D eigenvalue weighted by Crippen LogP contribution is -2.12. The van der Waals surface area contributed by atoms with Crippen LogP contribution in [0.1, 0.15) is 22.1 Å². The first-order valence-electron chi connectivity index (χ1n) is 6.20. The van der Waals surface area contributed by atoms with Crippen molar-refractivity contribution in [3.05, 3.63) is 66.1 Å². The van der Waals surface area contributed by atoms with Crippen molar-refractivity contribution in [2.75, 3.05) is 5.32 Å². The maximum Gasteiger partial charge on any atom is 0.154 e. The Kier molecular flexibility index (Phi) is 3.18. The number of carbonyl (C=O) groups is 1. The van der Waals surface area contributed by atoms with Gasteiger partial charge in [-0.1, -0.05) is 12.1 Å². The Morgan fingerprint density at radius 2 is 2.05 bits per heavy atom. The number of benzene rings is 1. The van der Waals surface area contributed by atoms with Crippen LogP contribution in [0.25, 0.3) is 5.65 Å². The van der Waals surface area contributed by atoms with Crippen LogP contribution in [0.4, 0.5) is 5.69 Å². The molecule has 0 radical (unpaired) electrons. The van der Waals surface area contributed by atoms with Crippen molar-refractivity contribution >= 4 is 17.6 Å². The summed E-state index contributed by atoms with van der Waals surface area (Å²) in [4.78, 5) is 15.2. The van der Waals surface area contributed by atoms with E-state index in [1.165, 1.54) is 0 Å². The molecule has 20 heavy (non-hydrogen) atoms. The minimum absolute atomic E-state index is 0.502. The SMILES string of the molecule is O=Cc1ccccc1NC(O)c1cccn2ccnc12. The molecule has 0 amide bonds. The van der Waals surface area contributed by atoms with Crippen LogP contribution in [0, 0.1) is 0 Å². The van der Waals surface area contributed by atoms with Crippen LogP contribution in [0.3, 0.4) is 0 Å². The predicted molar refractivity (Wildman–Crippen MR) is 75.6 cm³/mol. The van der Waals surface area contributed by atoms with Crippen molar-refractivity contribution < 1.29 is 9.90 Å². The third-order valence-corrected chi connectivity index (χ3v) is 3.12. The lowest BCUT2D eigenvalue weighted by molar-refractivity contribution is 0.112. The van der Waals surface area contributed by atoms with Gasteiger partial charge in [0.2, 0.25) is 0 Å². The summed E-state index contributed by atoms with van der Waals surface area (Å²) < 4.78 is 1.83. The van der Waals surface area contributed by atoms with E-state index in [2.05, 4.69) is 10.3 Å². The number of imidazole rings is 1. The van der Waals surface area contributed by atoms with Crippen molar-refractivity contribution in [1.82, 2.24) is 9.38 Å². The number of rotatable bonds is 4. The summed E-state index contributed by atoms with van der Waals surface area (Å²) in [5, 5.41) is 13.3. The first kappa shape index (κ1) is 12.4. The van der Waals surface area contributed by atoms with Gasteiger partial charge in [0, 0.05) is 35.4 Å². The molecule has 100 valence electrons. The summed E-state index contributed by atoms with van der Waals surface area (Å²) in [6, 6.07) is 10.6. The second-order valence-electron chi connectivity index (χ2n) is 4.37. The van der Waals surface area contributed by atoms with Gasteiger partial charge in [0.1, 0.15) is 5.65 Å². The highest BCUT2D eigenvalue weighted by molar-refractivity contribution is 5.84. The number of nitrogens with zero attached hydrogens (tertiary/aromatic N) is 2. The van der Waals surface area contributed by atoms with E-state index < -0.39 is 6.23 Å². The Morgan fingerprint density at radius 1 is 1.20 bits per heavy atom. The molecule has 5 heteroatoms. The molecule has 0 saturated heterocycles. The van der Waals surface area contributed by atoms with Crippen molar-refractivity contribution in [3.8, 4) is 0 Å². The third kappa shape index (κ3) is 2.15. The first-order chi connectivity index (χ1) is 9.79. The fourth-order valence-electron chi connectivity index (χ4n) is 2.14. The monoisotopic (exact) mass is 267 g/mol. The summed E-state index contributed by atoms with van der Waals surface area (Å²) in [6.45, 7) is 0. The quantitative estimate of drug-likeness (QED) is 0.562. The average molecular weight is 267 g/mol. The normalized spacial score (nSPS) is 12.2.